The first-order valence-corrected chi connectivity index (χ1v) is 4.68. The molecule has 0 N–H and O–H groups in total. The van der Waals surface area contributed by atoms with Crippen molar-refractivity contribution in [3.63, 3.8) is 0 Å². The number of hydrogen-bond acceptors (Lipinski definition) is 2. The third kappa shape index (κ3) is 2.56. The highest BCUT2D eigenvalue weighted by Gasteiger charge is 2.32. The van der Waals surface area contributed by atoms with Crippen molar-refractivity contribution in [1.82, 2.24) is 0 Å². The number of rotatable bonds is 2. The molecule has 0 atom stereocenters. The normalized spacial score (nSPS) is 11.3. The van der Waals surface area contributed by atoms with Gasteiger partial charge >= 0.3 is 6.18 Å². The minimum atomic E-state index is -4.42. The highest BCUT2D eigenvalue weighted by atomic mass is 79.9. The molecule has 2 nitrogen and oxygen atoms in total. The lowest BCUT2D eigenvalue weighted by molar-refractivity contribution is -0.137. The van der Waals surface area contributed by atoms with E-state index in [1.54, 1.807) is 0 Å². The van der Waals surface area contributed by atoms with Gasteiger partial charge in [0, 0.05) is 0 Å². The SMILES string of the molecule is COc1cc(C(F)(F)F)cc(OC)c1Br. The number of alkyl halides is 3. The van der Waals surface area contributed by atoms with Crippen molar-refractivity contribution >= 4 is 15.9 Å². The van der Waals surface area contributed by atoms with Crippen molar-refractivity contribution in [2.45, 2.75) is 6.18 Å². The molecule has 0 heterocycles. The lowest BCUT2D eigenvalue weighted by Crippen LogP contribution is -2.06. The van der Waals surface area contributed by atoms with Crippen LogP contribution in [0.1, 0.15) is 5.56 Å². The fourth-order valence-corrected chi connectivity index (χ4v) is 1.59. The Morgan fingerprint density at radius 1 is 1.07 bits per heavy atom. The second-order valence-electron chi connectivity index (χ2n) is 2.69. The van der Waals surface area contributed by atoms with Gasteiger partial charge in [0.2, 0.25) is 0 Å². The number of hydrogen-bond donors (Lipinski definition) is 0. The van der Waals surface area contributed by atoms with Gasteiger partial charge in [-0.2, -0.15) is 13.2 Å². The van der Waals surface area contributed by atoms with Gasteiger partial charge in [-0.05, 0) is 28.1 Å². The lowest BCUT2D eigenvalue weighted by atomic mass is 10.2. The Morgan fingerprint density at radius 3 is 1.73 bits per heavy atom. The molecule has 84 valence electrons. The van der Waals surface area contributed by atoms with Crippen molar-refractivity contribution in [3.8, 4) is 11.5 Å². The summed E-state index contributed by atoms with van der Waals surface area (Å²) in [6, 6.07) is 1.82. The van der Waals surface area contributed by atoms with Crippen molar-refractivity contribution in [1.29, 1.82) is 0 Å². The molecule has 1 aromatic carbocycles. The summed E-state index contributed by atoms with van der Waals surface area (Å²) in [5.74, 6) is 0.170. The summed E-state index contributed by atoms with van der Waals surface area (Å²) < 4.78 is 47.2. The molecule has 1 aromatic rings. The number of benzene rings is 1. The third-order valence-corrected chi connectivity index (χ3v) is 2.55. The summed E-state index contributed by atoms with van der Waals surface area (Å²) in [6.45, 7) is 0. The van der Waals surface area contributed by atoms with Gasteiger partial charge in [-0.3, -0.25) is 0 Å². The van der Waals surface area contributed by atoms with Crippen molar-refractivity contribution < 1.29 is 22.6 Å². The van der Waals surface area contributed by atoms with E-state index in [0.29, 0.717) is 4.47 Å². The summed E-state index contributed by atoms with van der Waals surface area (Å²) in [5, 5.41) is 0. The van der Waals surface area contributed by atoms with E-state index in [9.17, 15) is 13.2 Å². The molecule has 0 amide bonds. The maximum Gasteiger partial charge on any atom is 0.416 e. The van der Waals surface area contributed by atoms with Crippen molar-refractivity contribution in [2.75, 3.05) is 14.2 Å². The zero-order valence-electron chi connectivity index (χ0n) is 7.98. The maximum atomic E-state index is 12.4. The molecule has 0 aliphatic carbocycles. The van der Waals surface area contributed by atoms with Crippen LogP contribution in [0.25, 0.3) is 0 Å². The Bertz CT molecular complexity index is 338. The van der Waals surface area contributed by atoms with Gasteiger partial charge < -0.3 is 9.47 Å². The smallest absolute Gasteiger partial charge is 0.416 e. The summed E-state index contributed by atoms with van der Waals surface area (Å²) in [5.41, 5.74) is -0.806. The first kappa shape index (κ1) is 12.2. The zero-order chi connectivity index (χ0) is 11.6. The van der Waals surface area contributed by atoms with E-state index >= 15 is 0 Å². The summed E-state index contributed by atoms with van der Waals surface area (Å²) >= 11 is 3.09. The van der Waals surface area contributed by atoms with Crippen LogP contribution in [-0.2, 0) is 6.18 Å². The van der Waals surface area contributed by atoms with Crippen LogP contribution in [0.5, 0.6) is 11.5 Å². The van der Waals surface area contributed by atoms with E-state index in [1.165, 1.54) is 14.2 Å². The van der Waals surface area contributed by atoms with Crippen molar-refractivity contribution in [2.24, 2.45) is 0 Å². The predicted molar refractivity (Wildman–Crippen MR) is 52.2 cm³/mol. The molecule has 0 aliphatic rings. The van der Waals surface area contributed by atoms with Crippen molar-refractivity contribution in [3.05, 3.63) is 22.2 Å². The second-order valence-corrected chi connectivity index (χ2v) is 3.49. The van der Waals surface area contributed by atoms with Crippen LogP contribution in [0, 0.1) is 0 Å². The highest BCUT2D eigenvalue weighted by Crippen LogP contribution is 2.40. The minimum Gasteiger partial charge on any atom is -0.495 e. The van der Waals surface area contributed by atoms with Crippen LogP contribution in [0.2, 0.25) is 0 Å². The Hall–Kier alpha value is -0.910. The molecule has 0 fully saturated rings. The molecule has 0 spiro atoms. The lowest BCUT2D eigenvalue weighted by Gasteiger charge is -2.13. The molecular formula is C9H8BrF3O2. The van der Waals surface area contributed by atoms with Crippen LogP contribution < -0.4 is 9.47 Å². The van der Waals surface area contributed by atoms with E-state index in [4.69, 9.17) is 9.47 Å². The van der Waals surface area contributed by atoms with E-state index < -0.39 is 11.7 Å². The quantitative estimate of drug-likeness (QED) is 0.828. The minimum absolute atomic E-state index is 0.0849. The van der Waals surface area contributed by atoms with Gasteiger partial charge in [0.05, 0.1) is 19.8 Å². The van der Waals surface area contributed by atoms with E-state index in [-0.39, 0.29) is 11.5 Å². The average Bonchev–Trinajstić information content (AvgIpc) is 2.16. The van der Waals surface area contributed by atoms with Gasteiger partial charge in [0.1, 0.15) is 16.0 Å². The number of methoxy groups -OCH3 is 2. The Labute approximate surface area is 93.1 Å². The van der Waals surface area contributed by atoms with Gasteiger partial charge in [-0.25, -0.2) is 0 Å². The molecule has 0 bridgehead atoms. The largest absolute Gasteiger partial charge is 0.495 e. The van der Waals surface area contributed by atoms with Gasteiger partial charge in [-0.1, -0.05) is 0 Å². The molecule has 0 unspecified atom stereocenters. The molecule has 1 rings (SSSR count). The fraction of sp³-hybridized carbons (Fsp3) is 0.333. The average molecular weight is 285 g/mol. The fourth-order valence-electron chi connectivity index (χ4n) is 1.03. The first-order chi connectivity index (χ1) is 6.90. The monoisotopic (exact) mass is 284 g/mol. The van der Waals surface area contributed by atoms with Crippen LogP contribution in [-0.4, -0.2) is 14.2 Å². The van der Waals surface area contributed by atoms with Crippen LogP contribution >= 0.6 is 15.9 Å². The van der Waals surface area contributed by atoms with Gasteiger partial charge in [0.15, 0.2) is 0 Å². The summed E-state index contributed by atoms with van der Waals surface area (Å²) in [7, 11) is 2.58. The van der Waals surface area contributed by atoms with Gasteiger partial charge in [0.25, 0.3) is 0 Å². The molecule has 0 aliphatic heterocycles. The molecular weight excluding hydrogens is 277 g/mol. The number of ether oxygens (including phenoxy) is 2. The molecule has 0 aromatic heterocycles. The molecule has 0 saturated carbocycles. The standard InChI is InChI=1S/C9H8BrF3O2/c1-14-6-3-5(9(11,12)13)4-7(15-2)8(6)10/h3-4H,1-2H3. The Morgan fingerprint density at radius 2 is 1.47 bits per heavy atom. The topological polar surface area (TPSA) is 18.5 Å². The maximum absolute atomic E-state index is 12.4. The second kappa shape index (κ2) is 4.30. The third-order valence-electron chi connectivity index (χ3n) is 1.77. The zero-order valence-corrected chi connectivity index (χ0v) is 9.57. The highest BCUT2D eigenvalue weighted by molar-refractivity contribution is 9.10. The van der Waals surface area contributed by atoms with E-state index in [1.807, 2.05) is 0 Å². The first-order valence-electron chi connectivity index (χ1n) is 3.89. The Balaban J connectivity index is 3.33. The van der Waals surface area contributed by atoms with Crippen LogP contribution in [0.15, 0.2) is 16.6 Å². The Kier molecular flexibility index (Phi) is 3.49. The molecule has 6 heteroatoms. The van der Waals surface area contributed by atoms with E-state index in [0.717, 1.165) is 12.1 Å². The predicted octanol–water partition coefficient (Wildman–Crippen LogP) is 3.49. The van der Waals surface area contributed by atoms with E-state index in [2.05, 4.69) is 15.9 Å². The summed E-state index contributed by atoms with van der Waals surface area (Å²) in [6.07, 6.45) is -4.42. The number of halogens is 4. The summed E-state index contributed by atoms with van der Waals surface area (Å²) in [4.78, 5) is 0. The molecule has 0 radical (unpaired) electrons. The molecule has 15 heavy (non-hydrogen) atoms. The van der Waals surface area contributed by atoms with Crippen LogP contribution in [0.3, 0.4) is 0 Å². The molecule has 0 saturated heterocycles. The van der Waals surface area contributed by atoms with Gasteiger partial charge in [-0.15, -0.1) is 0 Å². The van der Waals surface area contributed by atoms with Crippen LogP contribution in [0.4, 0.5) is 13.2 Å².